The van der Waals surface area contributed by atoms with Gasteiger partial charge in [0.1, 0.15) is 22.5 Å². The maximum absolute atomic E-state index is 14.6. The number of hydrogen-bond acceptors (Lipinski definition) is 8. The predicted octanol–water partition coefficient (Wildman–Crippen LogP) is 2.86. The van der Waals surface area contributed by atoms with Gasteiger partial charge in [-0.15, -0.1) is 11.3 Å². The van der Waals surface area contributed by atoms with E-state index in [0.717, 1.165) is 30.0 Å². The number of hydrogen-bond donors (Lipinski definition) is 6. The minimum Gasteiger partial charge on any atom is -0.390 e. The van der Waals surface area contributed by atoms with Gasteiger partial charge in [0, 0.05) is 17.6 Å². The zero-order chi connectivity index (χ0) is 25.8. The van der Waals surface area contributed by atoms with Crippen LogP contribution >= 0.6 is 11.3 Å². The van der Waals surface area contributed by atoms with Gasteiger partial charge >= 0.3 is 0 Å². The average molecular weight is 507 g/mol. The minimum atomic E-state index is -1.39. The maximum atomic E-state index is 14.6. The van der Waals surface area contributed by atoms with E-state index in [0.29, 0.717) is 23.8 Å². The molecule has 2 unspecified atom stereocenters. The summed E-state index contributed by atoms with van der Waals surface area (Å²) in [6.45, 7) is 4.22. The molecule has 0 radical (unpaired) electrons. The first-order valence-electron chi connectivity index (χ1n) is 10.9. The van der Waals surface area contributed by atoms with Crippen LogP contribution in [0.15, 0.2) is 42.6 Å². The summed E-state index contributed by atoms with van der Waals surface area (Å²) in [5.41, 5.74) is 3.94. The molecular formula is C24H28F2N4O4S. The van der Waals surface area contributed by atoms with Crippen LogP contribution in [-0.2, 0) is 5.60 Å². The summed E-state index contributed by atoms with van der Waals surface area (Å²) in [6, 6.07) is 8.66. The van der Waals surface area contributed by atoms with Crippen LogP contribution in [0.2, 0.25) is 0 Å². The number of carbonyl (C=O) groups excluding carboxylic acids is 1. The number of nitrogens with two attached hydrogens (primary N) is 1. The van der Waals surface area contributed by atoms with E-state index in [1.165, 1.54) is 19.9 Å². The molecule has 0 bridgehead atoms. The Morgan fingerprint density at radius 1 is 1.20 bits per heavy atom. The molecule has 188 valence electrons. The van der Waals surface area contributed by atoms with E-state index >= 15 is 0 Å². The second kappa shape index (κ2) is 11.2. The highest BCUT2D eigenvalue weighted by molar-refractivity contribution is 7.20. The molecule has 35 heavy (non-hydrogen) atoms. The molecule has 3 heterocycles. The fourth-order valence-corrected chi connectivity index (χ4v) is 4.45. The Morgan fingerprint density at radius 2 is 1.89 bits per heavy atom. The number of pyridine rings is 1. The van der Waals surface area contributed by atoms with Gasteiger partial charge in [-0.25, -0.2) is 13.8 Å². The van der Waals surface area contributed by atoms with Crippen molar-refractivity contribution < 1.29 is 28.9 Å². The Bertz CT molecular complexity index is 1140. The van der Waals surface area contributed by atoms with Crippen molar-refractivity contribution in [1.29, 1.82) is 0 Å². The third-order valence-corrected chi connectivity index (χ3v) is 6.38. The van der Waals surface area contributed by atoms with Crippen LogP contribution < -0.4 is 16.4 Å². The SMILES string of the molecule is CC(C)(O)c1cc(F)c(-c2cc(C(N)=O)c(Nc3ccccn3)s2)c(F)c1.OC1CCNCC1O. The molecule has 1 aliphatic rings. The lowest BCUT2D eigenvalue weighted by atomic mass is 9.96. The molecule has 1 aliphatic heterocycles. The second-order valence-corrected chi connectivity index (χ2v) is 9.61. The van der Waals surface area contributed by atoms with Crippen molar-refractivity contribution in [3.05, 3.63) is 65.4 Å². The fourth-order valence-electron chi connectivity index (χ4n) is 3.33. The summed E-state index contributed by atoms with van der Waals surface area (Å²) < 4.78 is 29.2. The Morgan fingerprint density at radius 3 is 2.37 bits per heavy atom. The van der Waals surface area contributed by atoms with E-state index in [-0.39, 0.29) is 21.6 Å². The molecule has 8 nitrogen and oxygen atoms in total. The van der Waals surface area contributed by atoms with Crippen LogP contribution in [0.1, 0.15) is 36.2 Å². The quantitative estimate of drug-likeness (QED) is 0.313. The van der Waals surface area contributed by atoms with Crippen molar-refractivity contribution in [2.75, 3.05) is 18.4 Å². The van der Waals surface area contributed by atoms with Gasteiger partial charge in [-0.1, -0.05) is 6.07 Å². The summed E-state index contributed by atoms with van der Waals surface area (Å²) in [6.07, 6.45) is 1.18. The van der Waals surface area contributed by atoms with Gasteiger partial charge in [0.2, 0.25) is 0 Å². The monoisotopic (exact) mass is 506 g/mol. The summed E-state index contributed by atoms with van der Waals surface area (Å²) in [7, 11) is 0. The Balaban J connectivity index is 0.000000363. The number of β-amino-alcohol motifs (C(OH)–C–C–N with tert-alkyl or cyclic N) is 1. The van der Waals surface area contributed by atoms with Gasteiger partial charge in [0.15, 0.2) is 0 Å². The highest BCUT2D eigenvalue weighted by Crippen LogP contribution is 2.40. The van der Waals surface area contributed by atoms with Gasteiger partial charge in [-0.05, 0) is 62.7 Å². The lowest BCUT2D eigenvalue weighted by Crippen LogP contribution is -2.43. The summed E-state index contributed by atoms with van der Waals surface area (Å²) in [4.78, 5) is 16.1. The fraction of sp³-hybridized carbons (Fsp3) is 0.333. The highest BCUT2D eigenvalue weighted by atomic mass is 32.1. The average Bonchev–Trinajstić information content (AvgIpc) is 3.19. The topological polar surface area (TPSA) is 141 Å². The summed E-state index contributed by atoms with van der Waals surface area (Å²) in [5, 5.41) is 34.0. The van der Waals surface area contributed by atoms with Crippen LogP contribution in [0, 0.1) is 11.6 Å². The van der Waals surface area contributed by atoms with Crippen molar-refractivity contribution >= 4 is 28.1 Å². The standard InChI is InChI=1S/C19H17F2N3O2S.C5H11NO2/c1-19(2,26)10-7-12(20)16(13(21)8-10)14-9-11(17(22)25)18(27-14)24-15-5-3-4-6-23-15;7-4-1-2-6-3-5(4)8/h3-9,26H,1-2H3,(H2,22,25)(H,23,24);4-8H,1-3H2. The van der Waals surface area contributed by atoms with Gasteiger partial charge in [-0.2, -0.15) is 0 Å². The van der Waals surface area contributed by atoms with E-state index < -0.39 is 35.4 Å². The number of aromatic nitrogens is 1. The molecule has 1 saturated heterocycles. The number of benzene rings is 1. The lowest BCUT2D eigenvalue weighted by Gasteiger charge is -2.23. The van der Waals surface area contributed by atoms with Gasteiger partial charge in [0.05, 0.1) is 28.9 Å². The number of piperidine rings is 1. The zero-order valence-corrected chi connectivity index (χ0v) is 20.1. The number of nitrogens with zero attached hydrogens (tertiary/aromatic N) is 1. The van der Waals surface area contributed by atoms with Crippen LogP contribution in [0.25, 0.3) is 10.4 Å². The minimum absolute atomic E-state index is 0.103. The number of anilines is 2. The number of aliphatic hydroxyl groups is 3. The van der Waals surface area contributed by atoms with Crippen molar-refractivity contribution in [2.45, 2.75) is 38.1 Å². The van der Waals surface area contributed by atoms with Crippen molar-refractivity contribution in [1.82, 2.24) is 10.3 Å². The molecule has 11 heteroatoms. The smallest absolute Gasteiger partial charge is 0.251 e. The molecule has 0 aliphatic carbocycles. The van der Waals surface area contributed by atoms with E-state index in [1.807, 2.05) is 0 Å². The number of amides is 1. The Hall–Kier alpha value is -2.96. The first-order valence-corrected chi connectivity index (χ1v) is 11.7. The first kappa shape index (κ1) is 26.6. The van der Waals surface area contributed by atoms with Crippen LogP contribution in [0.5, 0.6) is 0 Å². The number of aliphatic hydroxyl groups excluding tert-OH is 2. The maximum Gasteiger partial charge on any atom is 0.251 e. The third kappa shape index (κ3) is 6.80. The van der Waals surface area contributed by atoms with Crippen molar-refractivity contribution in [3.8, 4) is 10.4 Å². The van der Waals surface area contributed by atoms with E-state index in [1.54, 1.807) is 24.4 Å². The van der Waals surface area contributed by atoms with Gasteiger partial charge < -0.3 is 31.7 Å². The van der Waals surface area contributed by atoms with Crippen LogP contribution in [-0.4, -0.2) is 51.5 Å². The molecule has 1 aromatic carbocycles. The zero-order valence-electron chi connectivity index (χ0n) is 19.3. The van der Waals surface area contributed by atoms with Crippen LogP contribution in [0.3, 0.4) is 0 Å². The molecule has 2 aromatic heterocycles. The number of primary amides is 1. The summed E-state index contributed by atoms with van der Waals surface area (Å²) >= 11 is 0.983. The number of thiophene rings is 1. The number of rotatable bonds is 5. The highest BCUT2D eigenvalue weighted by Gasteiger charge is 2.24. The molecule has 7 N–H and O–H groups in total. The van der Waals surface area contributed by atoms with Gasteiger partial charge in [0.25, 0.3) is 5.91 Å². The van der Waals surface area contributed by atoms with Crippen molar-refractivity contribution in [2.24, 2.45) is 5.73 Å². The summed E-state index contributed by atoms with van der Waals surface area (Å²) in [5.74, 6) is -1.95. The van der Waals surface area contributed by atoms with E-state index in [9.17, 15) is 18.7 Å². The number of carbonyl (C=O) groups is 1. The lowest BCUT2D eigenvalue weighted by molar-refractivity contribution is 0.000433. The van der Waals surface area contributed by atoms with Crippen molar-refractivity contribution in [3.63, 3.8) is 0 Å². The Kier molecular flexibility index (Phi) is 8.51. The molecule has 3 aromatic rings. The molecule has 2 atom stereocenters. The normalized spacial score (nSPS) is 17.9. The number of nitrogens with one attached hydrogen (secondary N) is 2. The molecular weight excluding hydrogens is 478 g/mol. The number of halogens is 2. The third-order valence-electron chi connectivity index (χ3n) is 5.31. The van der Waals surface area contributed by atoms with E-state index in [4.69, 9.17) is 15.9 Å². The molecule has 1 amide bonds. The Labute approximate surface area is 205 Å². The second-order valence-electron chi connectivity index (χ2n) is 8.56. The molecule has 0 spiro atoms. The molecule has 1 fully saturated rings. The predicted molar refractivity (Wildman–Crippen MR) is 130 cm³/mol. The molecule has 4 rings (SSSR count). The van der Waals surface area contributed by atoms with Crippen LogP contribution in [0.4, 0.5) is 19.6 Å². The van der Waals surface area contributed by atoms with Gasteiger partial charge in [-0.3, -0.25) is 4.79 Å². The van der Waals surface area contributed by atoms with E-state index in [2.05, 4.69) is 15.6 Å². The molecule has 0 saturated carbocycles. The largest absolute Gasteiger partial charge is 0.390 e. The first-order chi connectivity index (χ1) is 16.5.